The van der Waals surface area contributed by atoms with Gasteiger partial charge in [-0.15, -0.1) is 11.3 Å². The predicted octanol–water partition coefficient (Wildman–Crippen LogP) is 3.12. The molecule has 2 heterocycles. The summed E-state index contributed by atoms with van der Waals surface area (Å²) in [5, 5.41) is 2.30. The first-order chi connectivity index (χ1) is 8.56. The second kappa shape index (κ2) is 5.65. The number of hydrogen-bond acceptors (Lipinski definition) is 4. The van der Waals surface area contributed by atoms with Crippen LogP contribution in [0.25, 0.3) is 0 Å². The van der Waals surface area contributed by atoms with Crippen LogP contribution in [-0.4, -0.2) is 27.8 Å². The molecule has 18 heavy (non-hydrogen) atoms. The smallest absolute Gasteiger partial charge is 0.254 e. The zero-order valence-corrected chi connectivity index (χ0v) is 11.8. The quantitative estimate of drug-likeness (QED) is 0.818. The first-order valence-corrected chi connectivity index (χ1v) is 6.72. The Kier molecular flexibility index (Phi) is 4.16. The zero-order valence-electron chi connectivity index (χ0n) is 9.43. The van der Waals surface area contributed by atoms with Gasteiger partial charge in [-0.05, 0) is 12.1 Å². The third kappa shape index (κ3) is 3.19. The lowest BCUT2D eigenvalue weighted by atomic mass is 10.2. The minimum Gasteiger partial charge on any atom is -0.336 e. The van der Waals surface area contributed by atoms with Crippen molar-refractivity contribution in [1.82, 2.24) is 14.9 Å². The van der Waals surface area contributed by atoms with Crippen molar-refractivity contribution in [1.29, 1.82) is 0 Å². The van der Waals surface area contributed by atoms with Gasteiger partial charge in [0.05, 0.1) is 17.7 Å². The fourth-order valence-corrected chi connectivity index (χ4v) is 2.45. The topological polar surface area (TPSA) is 46.1 Å². The Morgan fingerprint density at radius 1 is 1.39 bits per heavy atom. The van der Waals surface area contributed by atoms with Crippen LogP contribution in [-0.2, 0) is 6.54 Å². The fourth-order valence-electron chi connectivity index (χ4n) is 1.44. The zero-order chi connectivity index (χ0) is 13.1. The molecule has 0 spiro atoms. The van der Waals surface area contributed by atoms with E-state index in [-0.39, 0.29) is 16.2 Å². The average Bonchev–Trinajstić information content (AvgIpc) is 2.79. The average molecular weight is 302 g/mol. The molecule has 0 fully saturated rings. The van der Waals surface area contributed by atoms with Crippen molar-refractivity contribution in [3.63, 3.8) is 0 Å². The highest BCUT2D eigenvalue weighted by Gasteiger charge is 2.14. The maximum absolute atomic E-state index is 12.1. The molecule has 0 saturated heterocycles. The monoisotopic (exact) mass is 301 g/mol. The number of halogens is 2. The number of rotatable bonds is 3. The summed E-state index contributed by atoms with van der Waals surface area (Å²) in [5.41, 5.74) is 2.99. The maximum atomic E-state index is 12.1. The summed E-state index contributed by atoms with van der Waals surface area (Å²) in [4.78, 5) is 21.6. The summed E-state index contributed by atoms with van der Waals surface area (Å²) in [6.45, 7) is 0.444. The number of carbonyl (C=O) groups excluding carboxylic acids is 1. The van der Waals surface area contributed by atoms with Crippen LogP contribution < -0.4 is 0 Å². The molecule has 0 aliphatic carbocycles. The van der Waals surface area contributed by atoms with Gasteiger partial charge in [0, 0.05) is 18.0 Å². The minimum absolute atomic E-state index is 0.172. The first kappa shape index (κ1) is 13.3. The van der Waals surface area contributed by atoms with Crippen LogP contribution in [0.4, 0.5) is 0 Å². The summed E-state index contributed by atoms with van der Waals surface area (Å²) in [6, 6.07) is 2.99. The molecular weight excluding hydrogens is 293 g/mol. The maximum Gasteiger partial charge on any atom is 0.254 e. The van der Waals surface area contributed by atoms with Gasteiger partial charge in [-0.2, -0.15) is 0 Å². The van der Waals surface area contributed by atoms with Crippen LogP contribution in [0, 0.1) is 0 Å². The van der Waals surface area contributed by atoms with Crippen molar-refractivity contribution in [2.75, 3.05) is 7.05 Å². The summed E-state index contributed by atoms with van der Waals surface area (Å²) in [7, 11) is 1.70. The lowest BCUT2D eigenvalue weighted by Crippen LogP contribution is -2.26. The molecule has 0 saturated carbocycles. The Labute approximate surface area is 118 Å². The van der Waals surface area contributed by atoms with Crippen molar-refractivity contribution in [2.45, 2.75) is 6.54 Å². The largest absolute Gasteiger partial charge is 0.336 e. The van der Waals surface area contributed by atoms with E-state index < -0.39 is 0 Å². The van der Waals surface area contributed by atoms with Crippen molar-refractivity contribution in [3.8, 4) is 0 Å². The van der Waals surface area contributed by atoms with Crippen LogP contribution in [0.5, 0.6) is 0 Å². The van der Waals surface area contributed by atoms with Gasteiger partial charge in [0.2, 0.25) is 0 Å². The van der Waals surface area contributed by atoms with E-state index in [2.05, 4.69) is 9.97 Å². The van der Waals surface area contributed by atoms with Gasteiger partial charge in [0.1, 0.15) is 10.3 Å². The van der Waals surface area contributed by atoms with E-state index in [0.717, 1.165) is 5.69 Å². The molecule has 2 rings (SSSR count). The molecule has 0 aromatic carbocycles. The van der Waals surface area contributed by atoms with E-state index in [9.17, 15) is 4.79 Å². The van der Waals surface area contributed by atoms with Crippen LogP contribution in [0.3, 0.4) is 0 Å². The Morgan fingerprint density at radius 3 is 2.61 bits per heavy atom. The molecule has 7 heteroatoms. The number of carbonyl (C=O) groups is 1. The van der Waals surface area contributed by atoms with Crippen LogP contribution >= 0.6 is 34.5 Å². The Bertz CT molecular complexity index is 539. The van der Waals surface area contributed by atoms with Gasteiger partial charge in [0.15, 0.2) is 0 Å². The van der Waals surface area contributed by atoms with Crippen molar-refractivity contribution in [3.05, 3.63) is 44.6 Å². The molecule has 0 N–H and O–H groups in total. The molecule has 94 valence electrons. The van der Waals surface area contributed by atoms with Crippen LogP contribution in [0.15, 0.2) is 23.0 Å². The SMILES string of the molecule is CN(Cc1cscn1)C(=O)c1cc(Cl)nc(Cl)c1. The molecule has 2 aromatic rings. The van der Waals surface area contributed by atoms with E-state index in [4.69, 9.17) is 23.2 Å². The number of amides is 1. The van der Waals surface area contributed by atoms with Crippen LogP contribution in [0.2, 0.25) is 10.3 Å². The van der Waals surface area contributed by atoms with E-state index in [1.807, 2.05) is 5.38 Å². The highest BCUT2D eigenvalue weighted by atomic mass is 35.5. The molecule has 0 radical (unpaired) electrons. The second-order valence-electron chi connectivity index (χ2n) is 3.64. The molecule has 4 nitrogen and oxygen atoms in total. The van der Waals surface area contributed by atoms with Gasteiger partial charge in [-0.1, -0.05) is 23.2 Å². The van der Waals surface area contributed by atoms with Crippen molar-refractivity contribution in [2.24, 2.45) is 0 Å². The minimum atomic E-state index is -0.172. The van der Waals surface area contributed by atoms with Crippen molar-refractivity contribution >= 4 is 40.4 Å². The van der Waals surface area contributed by atoms with Crippen LogP contribution in [0.1, 0.15) is 16.1 Å². The molecule has 0 aliphatic rings. The normalized spacial score (nSPS) is 10.4. The molecular formula is C11H9Cl2N3OS. The number of hydrogen-bond donors (Lipinski definition) is 0. The molecule has 0 atom stereocenters. The Morgan fingerprint density at radius 2 is 2.06 bits per heavy atom. The lowest BCUT2D eigenvalue weighted by Gasteiger charge is -2.16. The Hall–Kier alpha value is -1.17. The fraction of sp³-hybridized carbons (Fsp3) is 0.182. The van der Waals surface area contributed by atoms with E-state index >= 15 is 0 Å². The van der Waals surface area contributed by atoms with Gasteiger partial charge in [0.25, 0.3) is 5.91 Å². The lowest BCUT2D eigenvalue weighted by molar-refractivity contribution is 0.0783. The molecule has 0 unspecified atom stereocenters. The number of aromatic nitrogens is 2. The van der Waals surface area contributed by atoms with E-state index in [1.54, 1.807) is 17.5 Å². The predicted molar refractivity (Wildman–Crippen MR) is 72.2 cm³/mol. The number of thiazole rings is 1. The standard InChI is InChI=1S/C11H9Cl2N3OS/c1-16(4-8-5-18-6-14-8)11(17)7-2-9(12)15-10(13)3-7/h2-3,5-6H,4H2,1H3. The van der Waals surface area contributed by atoms with Gasteiger partial charge < -0.3 is 4.90 Å². The second-order valence-corrected chi connectivity index (χ2v) is 5.14. The number of nitrogens with zero attached hydrogens (tertiary/aromatic N) is 3. The Balaban J connectivity index is 2.15. The molecule has 1 amide bonds. The number of pyridine rings is 1. The van der Waals surface area contributed by atoms with Crippen molar-refractivity contribution < 1.29 is 4.79 Å². The third-order valence-corrected chi connectivity index (χ3v) is 3.26. The third-order valence-electron chi connectivity index (χ3n) is 2.24. The van der Waals surface area contributed by atoms with Gasteiger partial charge >= 0.3 is 0 Å². The summed E-state index contributed by atoms with van der Waals surface area (Å²) in [5.74, 6) is -0.172. The molecule has 0 bridgehead atoms. The highest BCUT2D eigenvalue weighted by molar-refractivity contribution is 7.07. The van der Waals surface area contributed by atoms with E-state index in [1.165, 1.54) is 23.5 Å². The summed E-state index contributed by atoms with van der Waals surface area (Å²) < 4.78 is 0. The molecule has 2 aromatic heterocycles. The highest BCUT2D eigenvalue weighted by Crippen LogP contribution is 2.16. The first-order valence-electron chi connectivity index (χ1n) is 5.02. The van der Waals surface area contributed by atoms with Gasteiger partial charge in [-0.3, -0.25) is 4.79 Å². The summed E-state index contributed by atoms with van der Waals surface area (Å²) >= 11 is 13.0. The summed E-state index contributed by atoms with van der Waals surface area (Å²) in [6.07, 6.45) is 0. The van der Waals surface area contributed by atoms with Gasteiger partial charge in [-0.25, -0.2) is 9.97 Å². The van der Waals surface area contributed by atoms with E-state index in [0.29, 0.717) is 12.1 Å². The molecule has 0 aliphatic heterocycles.